The fourth-order valence-electron chi connectivity index (χ4n) is 1.68. The third-order valence-corrected chi connectivity index (χ3v) is 3.20. The maximum absolute atomic E-state index is 4.10. The summed E-state index contributed by atoms with van der Waals surface area (Å²) in [5, 5.41) is 12.7. The zero-order valence-corrected chi connectivity index (χ0v) is 10.3. The Kier molecular flexibility index (Phi) is 3.62. The monoisotopic (exact) mass is 233 g/mol. The molecule has 1 heterocycles. The summed E-state index contributed by atoms with van der Waals surface area (Å²) in [5.41, 5.74) is 2.00. The number of thioether (sulfide) groups is 1. The first-order chi connectivity index (χ1) is 7.81. The van der Waals surface area contributed by atoms with Gasteiger partial charge in [-0.2, -0.15) is 22.0 Å². The number of hydrogen-bond donors (Lipinski definition) is 1. The van der Waals surface area contributed by atoms with Gasteiger partial charge in [-0.25, -0.2) is 0 Å². The standard InChI is InChI=1S/C12H15N3S/c1-9(8-16-2)14-12-7-13-15-11-6-4-3-5-10(11)12/h3-7,9H,8H2,1-2H3,(H,14,15). The van der Waals surface area contributed by atoms with Crippen LogP contribution in [0.25, 0.3) is 10.9 Å². The van der Waals surface area contributed by atoms with Crippen LogP contribution in [-0.2, 0) is 0 Å². The molecule has 1 unspecified atom stereocenters. The van der Waals surface area contributed by atoms with E-state index in [2.05, 4.69) is 34.8 Å². The molecule has 2 rings (SSSR count). The van der Waals surface area contributed by atoms with E-state index in [0.717, 1.165) is 22.3 Å². The van der Waals surface area contributed by atoms with Crippen molar-refractivity contribution in [2.45, 2.75) is 13.0 Å². The molecule has 0 saturated carbocycles. The number of anilines is 1. The number of benzene rings is 1. The Morgan fingerprint density at radius 1 is 1.38 bits per heavy atom. The first-order valence-electron chi connectivity index (χ1n) is 5.27. The predicted molar refractivity (Wildman–Crippen MR) is 71.0 cm³/mol. The number of aromatic nitrogens is 2. The molecule has 16 heavy (non-hydrogen) atoms. The molecule has 0 fully saturated rings. The van der Waals surface area contributed by atoms with Crippen molar-refractivity contribution < 1.29 is 0 Å². The van der Waals surface area contributed by atoms with Crippen LogP contribution in [0.1, 0.15) is 6.92 Å². The second-order valence-corrected chi connectivity index (χ2v) is 4.69. The highest BCUT2D eigenvalue weighted by Gasteiger charge is 2.05. The summed E-state index contributed by atoms with van der Waals surface area (Å²) in [5.74, 6) is 1.08. The maximum Gasteiger partial charge on any atom is 0.0950 e. The minimum absolute atomic E-state index is 0.433. The molecule has 3 nitrogen and oxygen atoms in total. The normalized spacial score (nSPS) is 12.6. The molecule has 2 aromatic rings. The molecule has 0 aliphatic heterocycles. The van der Waals surface area contributed by atoms with Gasteiger partial charge in [0.25, 0.3) is 0 Å². The molecule has 1 aromatic carbocycles. The summed E-state index contributed by atoms with van der Waals surface area (Å²) in [6.45, 7) is 2.17. The van der Waals surface area contributed by atoms with Crippen LogP contribution in [-0.4, -0.2) is 28.2 Å². The highest BCUT2D eigenvalue weighted by Crippen LogP contribution is 2.20. The summed E-state index contributed by atoms with van der Waals surface area (Å²) in [6, 6.07) is 8.48. The predicted octanol–water partition coefficient (Wildman–Crippen LogP) is 2.79. The van der Waals surface area contributed by atoms with Gasteiger partial charge in [-0.3, -0.25) is 0 Å². The molecule has 84 valence electrons. The molecule has 0 radical (unpaired) electrons. The second kappa shape index (κ2) is 5.16. The van der Waals surface area contributed by atoms with E-state index in [-0.39, 0.29) is 0 Å². The minimum atomic E-state index is 0.433. The Morgan fingerprint density at radius 3 is 3.00 bits per heavy atom. The Bertz CT molecular complexity index is 467. The molecular weight excluding hydrogens is 218 g/mol. The Labute approximate surface area is 99.7 Å². The van der Waals surface area contributed by atoms with Gasteiger partial charge in [0.2, 0.25) is 0 Å². The van der Waals surface area contributed by atoms with Gasteiger partial charge in [0, 0.05) is 17.2 Å². The van der Waals surface area contributed by atoms with Crippen molar-refractivity contribution in [3.05, 3.63) is 30.5 Å². The third-order valence-electron chi connectivity index (χ3n) is 2.37. The first kappa shape index (κ1) is 11.2. The van der Waals surface area contributed by atoms with Gasteiger partial charge >= 0.3 is 0 Å². The topological polar surface area (TPSA) is 37.8 Å². The Hall–Kier alpha value is -1.29. The van der Waals surface area contributed by atoms with Crippen molar-refractivity contribution in [3.8, 4) is 0 Å². The molecule has 0 spiro atoms. The average Bonchev–Trinajstić information content (AvgIpc) is 2.30. The summed E-state index contributed by atoms with van der Waals surface area (Å²) in [7, 11) is 0. The van der Waals surface area contributed by atoms with E-state index in [0.29, 0.717) is 6.04 Å². The van der Waals surface area contributed by atoms with E-state index in [1.54, 1.807) is 6.20 Å². The summed E-state index contributed by atoms with van der Waals surface area (Å²) >= 11 is 1.84. The van der Waals surface area contributed by atoms with Crippen LogP contribution < -0.4 is 5.32 Å². The quantitative estimate of drug-likeness (QED) is 0.881. The first-order valence-corrected chi connectivity index (χ1v) is 6.66. The van der Waals surface area contributed by atoms with Gasteiger partial charge in [-0.1, -0.05) is 18.2 Å². The molecule has 4 heteroatoms. The van der Waals surface area contributed by atoms with Gasteiger partial charge in [0.05, 0.1) is 17.4 Å². The number of hydrogen-bond acceptors (Lipinski definition) is 4. The summed E-state index contributed by atoms with van der Waals surface area (Å²) < 4.78 is 0. The largest absolute Gasteiger partial charge is 0.380 e. The van der Waals surface area contributed by atoms with Gasteiger partial charge in [0.15, 0.2) is 0 Å². The number of nitrogens with one attached hydrogen (secondary N) is 1. The fraction of sp³-hybridized carbons (Fsp3) is 0.333. The molecule has 0 aliphatic carbocycles. The average molecular weight is 233 g/mol. The fourth-order valence-corrected chi connectivity index (χ4v) is 2.26. The smallest absolute Gasteiger partial charge is 0.0950 e. The lowest BCUT2D eigenvalue weighted by molar-refractivity contribution is 0.911. The van der Waals surface area contributed by atoms with E-state index >= 15 is 0 Å². The van der Waals surface area contributed by atoms with Crippen LogP contribution >= 0.6 is 11.8 Å². The van der Waals surface area contributed by atoms with E-state index in [9.17, 15) is 0 Å². The number of nitrogens with zero attached hydrogens (tertiary/aromatic N) is 2. The van der Waals surface area contributed by atoms with Crippen LogP contribution in [0.4, 0.5) is 5.69 Å². The van der Waals surface area contributed by atoms with E-state index in [1.807, 2.05) is 30.0 Å². The van der Waals surface area contributed by atoms with Crippen molar-refractivity contribution in [1.82, 2.24) is 10.2 Å². The SMILES string of the molecule is CSCC(C)Nc1cnnc2ccccc12. The highest BCUT2D eigenvalue weighted by molar-refractivity contribution is 7.98. The molecule has 1 atom stereocenters. The molecule has 0 bridgehead atoms. The van der Waals surface area contributed by atoms with Crippen LogP contribution in [0.5, 0.6) is 0 Å². The number of rotatable bonds is 4. The Balaban J connectivity index is 2.30. The lowest BCUT2D eigenvalue weighted by Gasteiger charge is -2.14. The van der Waals surface area contributed by atoms with E-state index < -0.39 is 0 Å². The van der Waals surface area contributed by atoms with Crippen LogP contribution in [0.3, 0.4) is 0 Å². The van der Waals surface area contributed by atoms with Gasteiger partial charge in [-0.15, -0.1) is 0 Å². The minimum Gasteiger partial charge on any atom is -0.380 e. The van der Waals surface area contributed by atoms with Crippen LogP contribution in [0, 0.1) is 0 Å². The van der Waals surface area contributed by atoms with Crippen molar-refractivity contribution in [3.63, 3.8) is 0 Å². The molecule has 0 saturated heterocycles. The second-order valence-electron chi connectivity index (χ2n) is 3.78. The van der Waals surface area contributed by atoms with Crippen molar-refractivity contribution in [1.29, 1.82) is 0 Å². The van der Waals surface area contributed by atoms with Crippen molar-refractivity contribution in [2.24, 2.45) is 0 Å². The van der Waals surface area contributed by atoms with Crippen LogP contribution in [0.15, 0.2) is 30.5 Å². The van der Waals surface area contributed by atoms with Gasteiger partial charge in [0.1, 0.15) is 0 Å². The zero-order chi connectivity index (χ0) is 11.4. The molecular formula is C12H15N3S. The molecule has 1 N–H and O–H groups in total. The van der Waals surface area contributed by atoms with Crippen molar-refractivity contribution in [2.75, 3.05) is 17.3 Å². The van der Waals surface area contributed by atoms with Gasteiger partial charge in [-0.05, 0) is 19.2 Å². The summed E-state index contributed by atoms with van der Waals surface area (Å²) in [6.07, 6.45) is 3.90. The maximum atomic E-state index is 4.10. The highest BCUT2D eigenvalue weighted by atomic mass is 32.2. The molecule has 0 aliphatic rings. The zero-order valence-electron chi connectivity index (χ0n) is 9.47. The molecule has 0 amide bonds. The third kappa shape index (κ3) is 2.44. The lowest BCUT2D eigenvalue weighted by Crippen LogP contribution is -2.18. The van der Waals surface area contributed by atoms with E-state index in [4.69, 9.17) is 0 Å². The van der Waals surface area contributed by atoms with Crippen LogP contribution in [0.2, 0.25) is 0 Å². The number of fused-ring (bicyclic) bond motifs is 1. The van der Waals surface area contributed by atoms with Gasteiger partial charge < -0.3 is 5.32 Å². The Morgan fingerprint density at radius 2 is 2.19 bits per heavy atom. The summed E-state index contributed by atoms with van der Waals surface area (Å²) in [4.78, 5) is 0. The van der Waals surface area contributed by atoms with Crippen molar-refractivity contribution >= 4 is 28.4 Å². The molecule has 1 aromatic heterocycles. The lowest BCUT2D eigenvalue weighted by atomic mass is 10.2. The van der Waals surface area contributed by atoms with E-state index in [1.165, 1.54) is 0 Å².